The van der Waals surface area contributed by atoms with Gasteiger partial charge < -0.3 is 19.6 Å². The number of amides is 2. The lowest BCUT2D eigenvalue weighted by molar-refractivity contribution is 0.208. The molecule has 1 aliphatic rings. The number of aromatic nitrogens is 1. The smallest absolute Gasteiger partial charge is 0.321 e. The van der Waals surface area contributed by atoms with Crippen LogP contribution in [0.25, 0.3) is 0 Å². The van der Waals surface area contributed by atoms with E-state index in [1.54, 1.807) is 0 Å². The summed E-state index contributed by atoms with van der Waals surface area (Å²) in [4.78, 5) is 16.3. The first-order chi connectivity index (χ1) is 11.0. The zero-order valence-corrected chi connectivity index (χ0v) is 14.8. The summed E-state index contributed by atoms with van der Waals surface area (Å²) >= 11 is 3.48. The molecule has 0 radical (unpaired) electrons. The molecule has 1 aromatic carbocycles. The Morgan fingerprint density at radius 2 is 1.96 bits per heavy atom. The zero-order chi connectivity index (χ0) is 16.4. The van der Waals surface area contributed by atoms with Crippen LogP contribution in [0.3, 0.4) is 0 Å². The first kappa shape index (κ1) is 15.9. The van der Waals surface area contributed by atoms with Crippen LogP contribution in [-0.4, -0.2) is 42.3 Å². The van der Waals surface area contributed by atoms with Crippen molar-refractivity contribution >= 4 is 33.5 Å². The zero-order valence-electron chi connectivity index (χ0n) is 13.2. The van der Waals surface area contributed by atoms with Crippen molar-refractivity contribution in [1.82, 2.24) is 10.1 Å². The quantitative estimate of drug-likeness (QED) is 0.869. The average Bonchev–Trinajstić information content (AvgIpc) is 2.97. The number of carbonyl (C=O) groups is 1. The van der Waals surface area contributed by atoms with Crippen LogP contribution >= 0.6 is 15.9 Å². The number of hydrogen-bond donors (Lipinski definition) is 1. The number of hydrogen-bond acceptors (Lipinski definition) is 4. The van der Waals surface area contributed by atoms with Crippen LogP contribution in [-0.2, 0) is 0 Å². The molecule has 6 nitrogen and oxygen atoms in total. The molecule has 7 heteroatoms. The predicted molar refractivity (Wildman–Crippen MR) is 92.9 cm³/mol. The number of urea groups is 1. The van der Waals surface area contributed by atoms with Crippen LogP contribution in [0.1, 0.15) is 11.3 Å². The molecule has 2 amide bonds. The minimum absolute atomic E-state index is 0.0782. The SMILES string of the molecule is Cc1ccc(NC(=O)N2CCN(c3cc(C)on3)CC2)c(Br)c1. The largest absolute Gasteiger partial charge is 0.360 e. The summed E-state index contributed by atoms with van der Waals surface area (Å²) in [5.74, 6) is 1.63. The van der Waals surface area contributed by atoms with E-state index in [2.05, 4.69) is 31.3 Å². The first-order valence-corrected chi connectivity index (χ1v) is 8.32. The van der Waals surface area contributed by atoms with E-state index >= 15 is 0 Å². The van der Waals surface area contributed by atoms with Gasteiger partial charge in [-0.05, 0) is 47.5 Å². The van der Waals surface area contributed by atoms with Crippen LogP contribution < -0.4 is 10.2 Å². The fourth-order valence-corrected chi connectivity index (χ4v) is 3.15. The molecule has 2 heterocycles. The summed E-state index contributed by atoms with van der Waals surface area (Å²) in [5, 5.41) is 6.98. The van der Waals surface area contributed by atoms with E-state index in [1.165, 1.54) is 0 Å². The van der Waals surface area contributed by atoms with Crippen LogP contribution in [0.5, 0.6) is 0 Å². The highest BCUT2D eigenvalue weighted by Crippen LogP contribution is 2.24. The van der Waals surface area contributed by atoms with E-state index in [4.69, 9.17) is 4.52 Å². The van der Waals surface area contributed by atoms with Gasteiger partial charge in [0.05, 0.1) is 5.69 Å². The van der Waals surface area contributed by atoms with Gasteiger partial charge in [-0.1, -0.05) is 11.2 Å². The first-order valence-electron chi connectivity index (χ1n) is 7.53. The highest BCUT2D eigenvalue weighted by atomic mass is 79.9. The maximum atomic E-state index is 12.4. The van der Waals surface area contributed by atoms with Gasteiger partial charge in [-0.3, -0.25) is 0 Å². The van der Waals surface area contributed by atoms with Gasteiger partial charge in [-0.15, -0.1) is 0 Å². The van der Waals surface area contributed by atoms with E-state index < -0.39 is 0 Å². The van der Waals surface area contributed by atoms with Gasteiger partial charge in [-0.25, -0.2) is 4.79 Å². The fourth-order valence-electron chi connectivity index (χ4n) is 2.56. The normalized spacial score (nSPS) is 14.9. The van der Waals surface area contributed by atoms with Crippen LogP contribution in [0.2, 0.25) is 0 Å². The maximum absolute atomic E-state index is 12.4. The van der Waals surface area contributed by atoms with Crippen molar-refractivity contribution in [2.24, 2.45) is 0 Å². The van der Waals surface area contributed by atoms with Gasteiger partial charge in [0, 0.05) is 36.7 Å². The molecular weight excluding hydrogens is 360 g/mol. The molecule has 23 heavy (non-hydrogen) atoms. The summed E-state index contributed by atoms with van der Waals surface area (Å²) < 4.78 is 6.00. The number of piperazine rings is 1. The highest BCUT2D eigenvalue weighted by Gasteiger charge is 2.23. The molecular formula is C16H19BrN4O2. The Hall–Kier alpha value is -2.02. The van der Waals surface area contributed by atoms with Gasteiger partial charge in [0.15, 0.2) is 5.82 Å². The number of aryl methyl sites for hydroxylation is 2. The molecule has 0 saturated carbocycles. The number of halogens is 1. The molecule has 1 saturated heterocycles. The average molecular weight is 379 g/mol. The molecule has 1 aliphatic heterocycles. The third-order valence-corrected chi connectivity index (χ3v) is 4.53. The number of rotatable bonds is 2. The molecule has 3 rings (SSSR count). The van der Waals surface area contributed by atoms with Crippen molar-refractivity contribution in [3.8, 4) is 0 Å². The monoisotopic (exact) mass is 378 g/mol. The third-order valence-electron chi connectivity index (χ3n) is 3.87. The predicted octanol–water partition coefficient (Wildman–Crippen LogP) is 3.41. The lowest BCUT2D eigenvalue weighted by atomic mass is 10.2. The molecule has 1 fully saturated rings. The molecule has 122 valence electrons. The van der Waals surface area contributed by atoms with Crippen molar-refractivity contribution in [1.29, 1.82) is 0 Å². The third kappa shape index (κ3) is 3.67. The van der Waals surface area contributed by atoms with Gasteiger partial charge >= 0.3 is 6.03 Å². The minimum Gasteiger partial charge on any atom is -0.360 e. The molecule has 0 atom stereocenters. The summed E-state index contributed by atoms with van der Waals surface area (Å²) in [6, 6.07) is 7.71. The Balaban J connectivity index is 1.58. The van der Waals surface area contributed by atoms with Crippen molar-refractivity contribution in [2.45, 2.75) is 13.8 Å². The van der Waals surface area contributed by atoms with Crippen LogP contribution in [0.15, 0.2) is 33.3 Å². The van der Waals surface area contributed by atoms with E-state index in [1.807, 2.05) is 43.0 Å². The fraction of sp³-hybridized carbons (Fsp3) is 0.375. The van der Waals surface area contributed by atoms with Gasteiger partial charge in [0.1, 0.15) is 5.76 Å². The molecule has 0 bridgehead atoms. The molecule has 0 aliphatic carbocycles. The number of carbonyl (C=O) groups excluding carboxylic acids is 1. The number of nitrogens with one attached hydrogen (secondary N) is 1. The lowest BCUT2D eigenvalue weighted by Crippen LogP contribution is -2.50. The van der Waals surface area contributed by atoms with Gasteiger partial charge in [-0.2, -0.15) is 0 Å². The summed E-state index contributed by atoms with van der Waals surface area (Å²) in [6.07, 6.45) is 0. The number of nitrogens with zero attached hydrogens (tertiary/aromatic N) is 3. The van der Waals surface area contributed by atoms with Crippen molar-refractivity contribution < 1.29 is 9.32 Å². The Labute approximate surface area is 143 Å². The second kappa shape index (κ2) is 6.62. The lowest BCUT2D eigenvalue weighted by Gasteiger charge is -2.34. The van der Waals surface area contributed by atoms with E-state index in [9.17, 15) is 4.79 Å². The summed E-state index contributed by atoms with van der Waals surface area (Å²) in [5.41, 5.74) is 1.93. The topological polar surface area (TPSA) is 61.6 Å². The Morgan fingerprint density at radius 3 is 2.57 bits per heavy atom. The minimum atomic E-state index is -0.0782. The second-order valence-corrected chi connectivity index (χ2v) is 6.54. The molecule has 2 aromatic rings. The molecule has 0 spiro atoms. The van der Waals surface area contributed by atoms with Crippen LogP contribution in [0.4, 0.5) is 16.3 Å². The van der Waals surface area contributed by atoms with Crippen molar-refractivity contribution in [3.05, 3.63) is 40.1 Å². The summed E-state index contributed by atoms with van der Waals surface area (Å²) in [6.45, 7) is 6.69. The Kier molecular flexibility index (Phi) is 4.56. The summed E-state index contributed by atoms with van der Waals surface area (Å²) in [7, 11) is 0. The van der Waals surface area contributed by atoms with Crippen molar-refractivity contribution in [3.63, 3.8) is 0 Å². The van der Waals surface area contributed by atoms with E-state index in [0.717, 1.165) is 40.4 Å². The number of benzene rings is 1. The molecule has 1 aromatic heterocycles. The standard InChI is InChI=1S/C16H19BrN4O2/c1-11-3-4-14(13(17)9-11)18-16(22)21-7-5-20(6-8-21)15-10-12(2)23-19-15/h3-4,9-10H,5-8H2,1-2H3,(H,18,22). The van der Waals surface area contributed by atoms with E-state index in [-0.39, 0.29) is 6.03 Å². The van der Waals surface area contributed by atoms with Gasteiger partial charge in [0.2, 0.25) is 0 Å². The van der Waals surface area contributed by atoms with E-state index in [0.29, 0.717) is 13.1 Å². The van der Waals surface area contributed by atoms with Gasteiger partial charge in [0.25, 0.3) is 0 Å². The molecule has 0 unspecified atom stereocenters. The Bertz CT molecular complexity index is 708. The Morgan fingerprint density at radius 1 is 1.22 bits per heavy atom. The second-order valence-electron chi connectivity index (χ2n) is 5.68. The highest BCUT2D eigenvalue weighted by molar-refractivity contribution is 9.10. The van der Waals surface area contributed by atoms with Crippen LogP contribution in [0, 0.1) is 13.8 Å². The number of anilines is 2. The molecule has 1 N–H and O–H groups in total. The maximum Gasteiger partial charge on any atom is 0.321 e. The van der Waals surface area contributed by atoms with Crippen molar-refractivity contribution in [2.75, 3.05) is 36.4 Å².